The van der Waals surface area contributed by atoms with Gasteiger partial charge < -0.3 is 4.74 Å². The molecular weight excluding hydrogens is 250 g/mol. The molecule has 20 heavy (non-hydrogen) atoms. The molecule has 0 saturated carbocycles. The second-order valence-electron chi connectivity index (χ2n) is 4.93. The Labute approximate surface area is 119 Å². The Bertz CT molecular complexity index is 605. The van der Waals surface area contributed by atoms with Crippen LogP contribution in [0.1, 0.15) is 37.6 Å². The number of pyridine rings is 1. The first-order chi connectivity index (χ1) is 9.60. The van der Waals surface area contributed by atoms with E-state index in [9.17, 15) is 4.79 Å². The van der Waals surface area contributed by atoms with Crippen LogP contribution in [0.4, 0.5) is 0 Å². The zero-order valence-corrected chi connectivity index (χ0v) is 12.1. The fraction of sp³-hybridized carbons (Fsp3) is 0.294. The van der Waals surface area contributed by atoms with Gasteiger partial charge in [-0.15, -0.1) is 0 Å². The van der Waals surface area contributed by atoms with Crippen LogP contribution in [0, 0.1) is 0 Å². The van der Waals surface area contributed by atoms with E-state index >= 15 is 0 Å². The number of ketones is 1. The molecule has 0 amide bonds. The lowest BCUT2D eigenvalue weighted by Crippen LogP contribution is -2.05. The van der Waals surface area contributed by atoms with Crippen molar-refractivity contribution in [3.63, 3.8) is 0 Å². The van der Waals surface area contributed by atoms with Gasteiger partial charge in [0.1, 0.15) is 5.75 Å². The van der Waals surface area contributed by atoms with Crippen LogP contribution in [-0.2, 0) is 0 Å². The number of nitrogens with zero attached hydrogens (tertiary/aromatic N) is 1. The molecule has 0 radical (unpaired) electrons. The van der Waals surface area contributed by atoms with E-state index in [1.165, 1.54) is 0 Å². The first kappa shape index (κ1) is 14.3. The molecule has 3 nitrogen and oxygen atoms in total. The number of benzene rings is 1. The summed E-state index contributed by atoms with van der Waals surface area (Å²) in [6.45, 7) is 5.83. The number of rotatable bonds is 5. The van der Waals surface area contributed by atoms with Crippen LogP contribution in [0.15, 0.2) is 42.7 Å². The van der Waals surface area contributed by atoms with Crippen molar-refractivity contribution >= 4 is 5.78 Å². The lowest BCUT2D eigenvalue weighted by molar-refractivity contribution is 0.0988. The van der Waals surface area contributed by atoms with Crippen molar-refractivity contribution in [3.05, 3.63) is 48.3 Å². The minimum atomic E-state index is 0.111. The molecule has 1 heterocycles. The van der Waals surface area contributed by atoms with Crippen molar-refractivity contribution < 1.29 is 9.53 Å². The number of hydrogen-bond donors (Lipinski definition) is 0. The van der Waals surface area contributed by atoms with Crippen molar-refractivity contribution in [1.82, 2.24) is 4.98 Å². The number of Topliss-reactive ketones (excluding diaryl/α,β-unsaturated/α-hetero) is 1. The SMILES string of the molecule is CCC(=O)c1cccc(-c2cncc(OC(C)C)c2)c1. The Balaban J connectivity index is 2.34. The van der Waals surface area contributed by atoms with Crippen molar-refractivity contribution in [3.8, 4) is 16.9 Å². The van der Waals surface area contributed by atoms with Gasteiger partial charge in [0.05, 0.1) is 12.3 Å². The third-order valence-corrected chi connectivity index (χ3v) is 2.92. The molecule has 0 aliphatic heterocycles. The molecule has 1 aromatic carbocycles. The Morgan fingerprint density at radius 1 is 1.20 bits per heavy atom. The molecule has 104 valence electrons. The number of carbonyl (C=O) groups is 1. The predicted molar refractivity (Wildman–Crippen MR) is 80.1 cm³/mol. The molecule has 0 saturated heterocycles. The smallest absolute Gasteiger partial charge is 0.162 e. The molecule has 0 aliphatic carbocycles. The van der Waals surface area contributed by atoms with E-state index in [0.717, 1.165) is 22.4 Å². The van der Waals surface area contributed by atoms with E-state index in [4.69, 9.17) is 4.74 Å². The molecule has 0 bridgehead atoms. The van der Waals surface area contributed by atoms with Crippen LogP contribution in [0.3, 0.4) is 0 Å². The largest absolute Gasteiger partial charge is 0.489 e. The molecule has 2 aromatic rings. The predicted octanol–water partition coefficient (Wildman–Crippen LogP) is 4.13. The minimum absolute atomic E-state index is 0.111. The summed E-state index contributed by atoms with van der Waals surface area (Å²) in [4.78, 5) is 16.0. The third-order valence-electron chi connectivity index (χ3n) is 2.92. The van der Waals surface area contributed by atoms with Crippen molar-refractivity contribution in [2.75, 3.05) is 0 Å². The summed E-state index contributed by atoms with van der Waals surface area (Å²) in [5, 5.41) is 0. The van der Waals surface area contributed by atoms with Gasteiger partial charge in [0, 0.05) is 23.7 Å². The highest BCUT2D eigenvalue weighted by Gasteiger charge is 2.07. The van der Waals surface area contributed by atoms with Crippen LogP contribution in [-0.4, -0.2) is 16.9 Å². The van der Waals surface area contributed by atoms with E-state index in [-0.39, 0.29) is 11.9 Å². The minimum Gasteiger partial charge on any atom is -0.489 e. The van der Waals surface area contributed by atoms with Crippen LogP contribution >= 0.6 is 0 Å². The Hall–Kier alpha value is -2.16. The van der Waals surface area contributed by atoms with Gasteiger partial charge >= 0.3 is 0 Å². The summed E-state index contributed by atoms with van der Waals surface area (Å²) >= 11 is 0. The summed E-state index contributed by atoms with van der Waals surface area (Å²) in [5.41, 5.74) is 2.67. The number of carbonyl (C=O) groups excluding carboxylic acids is 1. The zero-order valence-electron chi connectivity index (χ0n) is 12.1. The highest BCUT2D eigenvalue weighted by atomic mass is 16.5. The Morgan fingerprint density at radius 3 is 2.70 bits per heavy atom. The molecule has 3 heteroatoms. The van der Waals surface area contributed by atoms with Gasteiger partial charge in [-0.1, -0.05) is 25.1 Å². The molecular formula is C17H19NO2. The molecule has 0 unspecified atom stereocenters. The molecule has 0 fully saturated rings. The maximum absolute atomic E-state index is 11.8. The molecule has 2 rings (SSSR count). The van der Waals surface area contributed by atoms with Crippen molar-refractivity contribution in [2.45, 2.75) is 33.3 Å². The fourth-order valence-corrected chi connectivity index (χ4v) is 1.99. The number of hydrogen-bond acceptors (Lipinski definition) is 3. The quantitative estimate of drug-likeness (QED) is 0.766. The third kappa shape index (κ3) is 3.44. The van der Waals surface area contributed by atoms with Crippen LogP contribution in [0.25, 0.3) is 11.1 Å². The van der Waals surface area contributed by atoms with Gasteiger partial charge in [0.2, 0.25) is 0 Å². The second kappa shape index (κ2) is 6.33. The first-order valence-corrected chi connectivity index (χ1v) is 6.85. The second-order valence-corrected chi connectivity index (χ2v) is 4.93. The summed E-state index contributed by atoms with van der Waals surface area (Å²) in [6.07, 6.45) is 4.10. The fourth-order valence-electron chi connectivity index (χ4n) is 1.99. The van der Waals surface area contributed by atoms with E-state index in [1.54, 1.807) is 12.4 Å². The summed E-state index contributed by atoms with van der Waals surface area (Å²) in [6, 6.07) is 9.57. The lowest BCUT2D eigenvalue weighted by atomic mass is 10.0. The van der Waals surface area contributed by atoms with Crippen LogP contribution in [0.2, 0.25) is 0 Å². The van der Waals surface area contributed by atoms with E-state index in [2.05, 4.69) is 4.98 Å². The zero-order chi connectivity index (χ0) is 14.5. The summed E-state index contributed by atoms with van der Waals surface area (Å²) in [5.74, 6) is 0.888. The molecule has 1 aromatic heterocycles. The maximum Gasteiger partial charge on any atom is 0.162 e. The van der Waals surface area contributed by atoms with Gasteiger partial charge in [-0.25, -0.2) is 0 Å². The highest BCUT2D eigenvalue weighted by molar-refractivity contribution is 5.96. The number of ether oxygens (including phenoxy) is 1. The monoisotopic (exact) mass is 269 g/mol. The van der Waals surface area contributed by atoms with Crippen molar-refractivity contribution in [1.29, 1.82) is 0 Å². The van der Waals surface area contributed by atoms with Gasteiger partial charge in [-0.3, -0.25) is 9.78 Å². The summed E-state index contributed by atoms with van der Waals surface area (Å²) in [7, 11) is 0. The van der Waals surface area contributed by atoms with Gasteiger partial charge in [-0.05, 0) is 31.5 Å². The van der Waals surface area contributed by atoms with E-state index in [1.807, 2.05) is 51.1 Å². The Kier molecular flexibility index (Phi) is 4.51. The lowest BCUT2D eigenvalue weighted by Gasteiger charge is -2.10. The van der Waals surface area contributed by atoms with Crippen molar-refractivity contribution in [2.24, 2.45) is 0 Å². The van der Waals surface area contributed by atoms with E-state index < -0.39 is 0 Å². The average Bonchev–Trinajstić information content (AvgIpc) is 2.46. The maximum atomic E-state index is 11.8. The van der Waals surface area contributed by atoms with Gasteiger partial charge in [-0.2, -0.15) is 0 Å². The molecule has 0 atom stereocenters. The van der Waals surface area contributed by atoms with Gasteiger partial charge in [0.15, 0.2) is 5.78 Å². The van der Waals surface area contributed by atoms with Gasteiger partial charge in [0.25, 0.3) is 0 Å². The first-order valence-electron chi connectivity index (χ1n) is 6.85. The van der Waals surface area contributed by atoms with Crippen LogP contribution < -0.4 is 4.74 Å². The molecule has 0 N–H and O–H groups in total. The van der Waals surface area contributed by atoms with E-state index in [0.29, 0.717) is 6.42 Å². The normalized spacial score (nSPS) is 10.6. The highest BCUT2D eigenvalue weighted by Crippen LogP contribution is 2.24. The number of aromatic nitrogens is 1. The Morgan fingerprint density at radius 2 is 2.00 bits per heavy atom. The summed E-state index contributed by atoms with van der Waals surface area (Å²) < 4.78 is 5.65. The topological polar surface area (TPSA) is 39.2 Å². The molecule has 0 spiro atoms. The average molecular weight is 269 g/mol. The molecule has 0 aliphatic rings. The standard InChI is InChI=1S/C17H19NO2/c1-4-17(19)14-7-5-6-13(8-14)15-9-16(11-18-10-15)20-12(2)3/h5-12H,4H2,1-3H3. The van der Waals surface area contributed by atoms with Crippen LogP contribution in [0.5, 0.6) is 5.75 Å².